The molecule has 0 bridgehead atoms. The molecule has 0 spiro atoms. The van der Waals surface area contributed by atoms with Gasteiger partial charge in [-0.1, -0.05) is 0 Å². The van der Waals surface area contributed by atoms with Gasteiger partial charge in [0.25, 0.3) is 0 Å². The lowest BCUT2D eigenvalue weighted by Crippen LogP contribution is -2.04. The first kappa shape index (κ1) is 16.4. The predicted octanol–water partition coefficient (Wildman–Crippen LogP) is 4.09. The second-order valence-corrected chi connectivity index (χ2v) is 4.82. The lowest BCUT2D eigenvalue weighted by Gasteiger charge is -2.09. The Morgan fingerprint density at radius 1 is 1.04 bits per heavy atom. The van der Waals surface area contributed by atoms with Crippen LogP contribution in [0, 0.1) is 10.1 Å². The summed E-state index contributed by atoms with van der Waals surface area (Å²) in [6.45, 7) is -3.22. The first-order valence-electron chi connectivity index (χ1n) is 6.87. The highest BCUT2D eigenvalue weighted by molar-refractivity contribution is 5.77. The highest BCUT2D eigenvalue weighted by atomic mass is 19.3. The molecule has 9 heteroatoms. The molecule has 0 aliphatic carbocycles. The first-order chi connectivity index (χ1) is 11.9. The van der Waals surface area contributed by atoms with Gasteiger partial charge in [0.2, 0.25) is 5.75 Å². The average molecular weight is 349 g/mol. The van der Waals surface area contributed by atoms with Crippen LogP contribution < -0.4 is 15.1 Å². The summed E-state index contributed by atoms with van der Waals surface area (Å²) in [5, 5.41) is 11.5. The molecule has 0 amide bonds. The van der Waals surface area contributed by atoms with E-state index >= 15 is 0 Å². The van der Waals surface area contributed by atoms with E-state index in [1.54, 1.807) is 18.2 Å². The van der Waals surface area contributed by atoms with Crippen molar-refractivity contribution >= 4 is 16.7 Å². The van der Waals surface area contributed by atoms with E-state index in [-0.39, 0.29) is 17.1 Å². The quantitative estimate of drug-likeness (QED) is 0.391. The Hall–Kier alpha value is -3.49. The summed E-state index contributed by atoms with van der Waals surface area (Å²) < 4.78 is 39.5. The maximum absolute atomic E-state index is 12.4. The Morgan fingerprint density at radius 2 is 1.72 bits per heavy atom. The topological polar surface area (TPSA) is 91.8 Å². The summed E-state index contributed by atoms with van der Waals surface area (Å²) in [5.74, 6) is -0.331. The summed E-state index contributed by atoms with van der Waals surface area (Å²) in [4.78, 5) is 21.3. The van der Waals surface area contributed by atoms with E-state index in [0.29, 0.717) is 5.39 Å². The van der Waals surface area contributed by atoms with Crippen LogP contribution in [0.2, 0.25) is 0 Å². The third kappa shape index (κ3) is 3.71. The molecule has 0 N–H and O–H groups in total. The summed E-state index contributed by atoms with van der Waals surface area (Å²) in [5.41, 5.74) is -0.874. The van der Waals surface area contributed by atoms with Gasteiger partial charge < -0.3 is 13.9 Å². The minimum absolute atomic E-state index is 0.0406. The molecular formula is C16H9F2NO6. The molecule has 0 radical (unpaired) electrons. The largest absolute Gasteiger partial charge is 0.457 e. The third-order valence-corrected chi connectivity index (χ3v) is 3.17. The maximum Gasteiger partial charge on any atom is 0.387 e. The number of fused-ring (bicyclic) bond motifs is 1. The molecule has 0 unspecified atom stereocenters. The van der Waals surface area contributed by atoms with Crippen LogP contribution in [0.3, 0.4) is 0 Å². The second kappa shape index (κ2) is 6.56. The lowest BCUT2D eigenvalue weighted by atomic mass is 10.2. The van der Waals surface area contributed by atoms with Gasteiger partial charge in [-0.2, -0.15) is 8.78 Å². The van der Waals surface area contributed by atoms with Crippen LogP contribution in [-0.2, 0) is 0 Å². The SMILES string of the molecule is O=c1ccc2ccc(Oc3ccc([N+](=O)[O-])c(OC(F)F)c3)cc2o1. The van der Waals surface area contributed by atoms with Crippen LogP contribution in [0.5, 0.6) is 17.2 Å². The van der Waals surface area contributed by atoms with Crippen LogP contribution >= 0.6 is 0 Å². The van der Waals surface area contributed by atoms with Gasteiger partial charge in [0.1, 0.15) is 17.1 Å². The van der Waals surface area contributed by atoms with Crippen molar-refractivity contribution in [2.45, 2.75) is 6.61 Å². The number of nitrogens with zero attached hydrogens (tertiary/aromatic N) is 1. The first-order valence-corrected chi connectivity index (χ1v) is 6.87. The molecule has 0 saturated carbocycles. The molecule has 2 aromatic carbocycles. The average Bonchev–Trinajstić information content (AvgIpc) is 2.53. The molecule has 25 heavy (non-hydrogen) atoms. The number of nitro groups is 1. The fraction of sp³-hybridized carbons (Fsp3) is 0.0625. The van der Waals surface area contributed by atoms with Gasteiger partial charge in [-0.05, 0) is 24.3 Å². The number of rotatable bonds is 5. The molecule has 0 aliphatic rings. The zero-order valence-corrected chi connectivity index (χ0v) is 12.3. The monoisotopic (exact) mass is 349 g/mol. The normalized spacial score (nSPS) is 10.8. The van der Waals surface area contributed by atoms with E-state index < -0.39 is 28.6 Å². The van der Waals surface area contributed by atoms with Gasteiger partial charge in [0.15, 0.2) is 0 Å². The Kier molecular flexibility index (Phi) is 4.29. The van der Waals surface area contributed by atoms with Crippen molar-refractivity contribution in [2.75, 3.05) is 0 Å². The smallest absolute Gasteiger partial charge is 0.387 e. The molecule has 0 saturated heterocycles. The Labute approximate surface area is 138 Å². The van der Waals surface area contributed by atoms with E-state index in [2.05, 4.69) is 4.74 Å². The molecule has 3 aromatic rings. The maximum atomic E-state index is 12.4. The molecule has 1 aromatic heterocycles. The number of hydrogen-bond acceptors (Lipinski definition) is 6. The van der Waals surface area contributed by atoms with Crippen molar-refractivity contribution in [1.29, 1.82) is 0 Å². The van der Waals surface area contributed by atoms with Gasteiger partial charge in [-0.15, -0.1) is 0 Å². The Morgan fingerprint density at radius 3 is 2.44 bits per heavy atom. The van der Waals surface area contributed by atoms with Crippen molar-refractivity contribution in [3.8, 4) is 17.2 Å². The number of halogens is 2. The van der Waals surface area contributed by atoms with Gasteiger partial charge in [-0.3, -0.25) is 10.1 Å². The second-order valence-electron chi connectivity index (χ2n) is 4.82. The van der Waals surface area contributed by atoms with E-state index in [1.165, 1.54) is 18.2 Å². The van der Waals surface area contributed by atoms with Crippen LogP contribution in [0.4, 0.5) is 14.5 Å². The lowest BCUT2D eigenvalue weighted by molar-refractivity contribution is -0.386. The highest BCUT2D eigenvalue weighted by Gasteiger charge is 2.19. The Bertz CT molecular complexity index is 1000. The van der Waals surface area contributed by atoms with Crippen molar-refractivity contribution < 1.29 is 27.6 Å². The third-order valence-electron chi connectivity index (χ3n) is 3.17. The standard InChI is InChI=1S/C16H9F2NO6/c17-16(18)25-14-8-11(4-5-12(14)19(21)22)23-10-3-1-9-2-6-15(20)24-13(9)7-10/h1-8,16H. The number of nitro benzene ring substituents is 1. The summed E-state index contributed by atoms with van der Waals surface area (Å²) >= 11 is 0. The molecule has 0 aliphatic heterocycles. The predicted molar refractivity (Wildman–Crippen MR) is 82.3 cm³/mol. The molecule has 128 valence electrons. The molecule has 0 fully saturated rings. The number of benzene rings is 2. The molecule has 1 heterocycles. The molecule has 7 nitrogen and oxygen atoms in total. The molecule has 3 rings (SSSR count). The van der Waals surface area contributed by atoms with Crippen LogP contribution in [0.15, 0.2) is 57.7 Å². The summed E-state index contributed by atoms with van der Waals surface area (Å²) in [7, 11) is 0. The fourth-order valence-electron chi connectivity index (χ4n) is 2.14. The van der Waals surface area contributed by atoms with Gasteiger partial charge in [0.05, 0.1) is 4.92 Å². The van der Waals surface area contributed by atoms with E-state index in [4.69, 9.17) is 9.15 Å². The van der Waals surface area contributed by atoms with E-state index in [0.717, 1.165) is 12.1 Å². The number of alkyl halides is 2. The minimum atomic E-state index is -3.22. The van der Waals surface area contributed by atoms with Crippen molar-refractivity contribution in [2.24, 2.45) is 0 Å². The van der Waals surface area contributed by atoms with Crippen LogP contribution in [0.25, 0.3) is 11.0 Å². The van der Waals surface area contributed by atoms with Gasteiger partial charge in [-0.25, -0.2) is 4.79 Å². The van der Waals surface area contributed by atoms with E-state index in [1.807, 2.05) is 0 Å². The Balaban J connectivity index is 1.94. The van der Waals surface area contributed by atoms with Gasteiger partial charge >= 0.3 is 17.9 Å². The molecule has 0 atom stereocenters. The van der Waals surface area contributed by atoms with Crippen LogP contribution in [-0.4, -0.2) is 11.5 Å². The number of ether oxygens (including phenoxy) is 2. The van der Waals surface area contributed by atoms with Gasteiger partial charge in [0, 0.05) is 29.7 Å². The van der Waals surface area contributed by atoms with Crippen LogP contribution in [0.1, 0.15) is 0 Å². The number of hydrogen-bond donors (Lipinski definition) is 0. The zero-order valence-electron chi connectivity index (χ0n) is 12.3. The minimum Gasteiger partial charge on any atom is -0.457 e. The van der Waals surface area contributed by atoms with Crippen molar-refractivity contribution in [3.63, 3.8) is 0 Å². The summed E-state index contributed by atoms with van der Waals surface area (Å²) in [6, 6.07) is 10.7. The zero-order chi connectivity index (χ0) is 18.0. The highest BCUT2D eigenvalue weighted by Crippen LogP contribution is 2.34. The fourth-order valence-corrected chi connectivity index (χ4v) is 2.14. The summed E-state index contributed by atoms with van der Waals surface area (Å²) in [6.07, 6.45) is 0. The molecular weight excluding hydrogens is 340 g/mol. The van der Waals surface area contributed by atoms with Crippen molar-refractivity contribution in [1.82, 2.24) is 0 Å². The van der Waals surface area contributed by atoms with Crippen molar-refractivity contribution in [3.05, 3.63) is 69.1 Å². The van der Waals surface area contributed by atoms with E-state index in [9.17, 15) is 23.7 Å².